The minimum Gasteiger partial charge on any atom is -0.341 e. The molecule has 0 radical (unpaired) electrons. The van der Waals surface area contributed by atoms with Crippen molar-refractivity contribution in [2.75, 3.05) is 0 Å². The van der Waals surface area contributed by atoms with Gasteiger partial charge in [-0.3, -0.25) is 4.98 Å². The van der Waals surface area contributed by atoms with Crippen molar-refractivity contribution in [2.45, 2.75) is 51.4 Å². The normalized spacial score (nSPS) is 15.0. The lowest BCUT2D eigenvalue weighted by atomic mass is 9.86. The number of pyridine rings is 1. The highest BCUT2D eigenvalue weighted by Gasteiger charge is 2.24. The number of nitrogens with zero attached hydrogens (tertiary/aromatic N) is 4. The summed E-state index contributed by atoms with van der Waals surface area (Å²) in [7, 11) is 2.09. The molecule has 0 amide bonds. The monoisotopic (exact) mass is 541 g/mol. The van der Waals surface area contributed by atoms with Gasteiger partial charge in [-0.25, -0.2) is 9.97 Å². The first kappa shape index (κ1) is 25.6. The highest BCUT2D eigenvalue weighted by Crippen LogP contribution is 2.32. The summed E-state index contributed by atoms with van der Waals surface area (Å²) in [5.74, 6) is 2.02. The zero-order valence-electron chi connectivity index (χ0n) is 23.4. The molecule has 206 valence electrons. The maximum absolute atomic E-state index is 4.88. The number of benzene rings is 3. The van der Waals surface area contributed by atoms with E-state index in [2.05, 4.69) is 81.8 Å². The molecule has 1 atom stereocenters. The second kappa shape index (κ2) is 11.3. The Morgan fingerprint density at radius 2 is 1.63 bits per heavy atom. The molecule has 7 rings (SSSR count). The van der Waals surface area contributed by atoms with Crippen LogP contribution in [0, 0.1) is 0 Å². The van der Waals surface area contributed by atoms with Crippen LogP contribution in [0.1, 0.15) is 58.5 Å². The summed E-state index contributed by atoms with van der Waals surface area (Å²) in [6.45, 7) is 2.22. The van der Waals surface area contributed by atoms with E-state index in [1.54, 1.807) is 0 Å². The number of aromatic amines is 1. The number of aryl methyl sites for hydroxylation is 1. The Balaban J connectivity index is 1.05. The molecule has 3 N–H and O–H groups in total. The summed E-state index contributed by atoms with van der Waals surface area (Å²) in [6, 6.07) is 27.7. The Bertz CT molecular complexity index is 1780. The molecule has 0 saturated heterocycles. The number of aromatic nitrogens is 5. The van der Waals surface area contributed by atoms with Gasteiger partial charge in [0.05, 0.1) is 46.9 Å². The van der Waals surface area contributed by atoms with Crippen LogP contribution >= 0.6 is 0 Å². The first-order valence-electron chi connectivity index (χ1n) is 14.5. The van der Waals surface area contributed by atoms with Crippen molar-refractivity contribution in [3.8, 4) is 0 Å². The van der Waals surface area contributed by atoms with Gasteiger partial charge in [0.2, 0.25) is 0 Å². The molecular weight excluding hydrogens is 506 g/mol. The van der Waals surface area contributed by atoms with Gasteiger partial charge >= 0.3 is 0 Å². The van der Waals surface area contributed by atoms with E-state index in [1.807, 2.05) is 30.5 Å². The number of nitrogens with one attached hydrogen (secondary N) is 3. The van der Waals surface area contributed by atoms with Crippen LogP contribution in [0.25, 0.3) is 22.1 Å². The molecule has 41 heavy (non-hydrogen) atoms. The fraction of sp³-hybridized carbons (Fsp3) is 0.265. The van der Waals surface area contributed by atoms with E-state index in [0.717, 1.165) is 72.5 Å². The van der Waals surface area contributed by atoms with E-state index in [4.69, 9.17) is 15.0 Å². The number of imidazole rings is 2. The third kappa shape index (κ3) is 5.26. The van der Waals surface area contributed by atoms with Crippen molar-refractivity contribution in [3.63, 3.8) is 0 Å². The highest BCUT2D eigenvalue weighted by atomic mass is 15.1. The van der Waals surface area contributed by atoms with Crippen molar-refractivity contribution in [3.05, 3.63) is 125 Å². The van der Waals surface area contributed by atoms with Crippen LogP contribution in [0.5, 0.6) is 0 Å². The van der Waals surface area contributed by atoms with Crippen LogP contribution in [0.2, 0.25) is 0 Å². The summed E-state index contributed by atoms with van der Waals surface area (Å²) in [5, 5.41) is 7.38. The topological polar surface area (TPSA) is 83.5 Å². The Morgan fingerprint density at radius 3 is 2.51 bits per heavy atom. The Kier molecular flexibility index (Phi) is 7.05. The molecule has 0 spiro atoms. The van der Waals surface area contributed by atoms with Gasteiger partial charge in [-0.2, -0.15) is 0 Å². The molecule has 7 nitrogen and oxygen atoms in total. The lowest BCUT2D eigenvalue weighted by Gasteiger charge is -2.27. The molecular formula is C34H35N7. The number of hydrogen-bond donors (Lipinski definition) is 3. The molecule has 6 aromatic rings. The van der Waals surface area contributed by atoms with E-state index < -0.39 is 0 Å². The second-order valence-electron chi connectivity index (χ2n) is 11.0. The van der Waals surface area contributed by atoms with Crippen molar-refractivity contribution < 1.29 is 0 Å². The number of H-pyrrole nitrogens is 1. The summed E-state index contributed by atoms with van der Waals surface area (Å²) in [5.41, 5.74) is 11.0. The number of rotatable bonds is 9. The van der Waals surface area contributed by atoms with Crippen LogP contribution in [0.3, 0.4) is 0 Å². The van der Waals surface area contributed by atoms with Gasteiger partial charge in [-0.05, 0) is 78.3 Å². The smallest absolute Gasteiger partial charge is 0.123 e. The molecule has 3 aromatic heterocycles. The third-order valence-corrected chi connectivity index (χ3v) is 8.37. The summed E-state index contributed by atoms with van der Waals surface area (Å²) >= 11 is 0. The molecule has 7 heteroatoms. The largest absolute Gasteiger partial charge is 0.341 e. The van der Waals surface area contributed by atoms with Gasteiger partial charge in [0, 0.05) is 19.8 Å². The van der Waals surface area contributed by atoms with Gasteiger partial charge in [-0.15, -0.1) is 0 Å². The zero-order chi connectivity index (χ0) is 27.6. The summed E-state index contributed by atoms with van der Waals surface area (Å²) in [6.07, 6.45) is 6.22. The van der Waals surface area contributed by atoms with Crippen molar-refractivity contribution in [1.29, 1.82) is 0 Å². The van der Waals surface area contributed by atoms with Gasteiger partial charge < -0.3 is 20.2 Å². The molecule has 0 fully saturated rings. The van der Waals surface area contributed by atoms with Crippen molar-refractivity contribution >= 4 is 22.1 Å². The Morgan fingerprint density at radius 1 is 0.829 bits per heavy atom. The van der Waals surface area contributed by atoms with E-state index in [9.17, 15) is 0 Å². The Hall–Kier alpha value is -4.33. The summed E-state index contributed by atoms with van der Waals surface area (Å²) < 4.78 is 2.18. The van der Waals surface area contributed by atoms with Crippen LogP contribution in [0.4, 0.5) is 0 Å². The van der Waals surface area contributed by atoms with Gasteiger partial charge in [0.15, 0.2) is 0 Å². The fourth-order valence-corrected chi connectivity index (χ4v) is 6.20. The first-order chi connectivity index (χ1) is 20.2. The number of hydrogen-bond acceptors (Lipinski definition) is 5. The highest BCUT2D eigenvalue weighted by molar-refractivity contribution is 5.76. The quantitative estimate of drug-likeness (QED) is 0.213. The lowest BCUT2D eigenvalue weighted by Crippen LogP contribution is -2.27. The van der Waals surface area contributed by atoms with Gasteiger partial charge in [0.1, 0.15) is 11.6 Å². The van der Waals surface area contributed by atoms with Crippen LogP contribution in [-0.4, -0.2) is 24.5 Å². The van der Waals surface area contributed by atoms with Crippen LogP contribution in [-0.2, 0) is 39.5 Å². The average Bonchev–Trinajstić information content (AvgIpc) is 3.57. The van der Waals surface area contributed by atoms with E-state index in [-0.39, 0.29) is 6.04 Å². The van der Waals surface area contributed by atoms with E-state index >= 15 is 0 Å². The number of fused-ring (bicyclic) bond motifs is 3. The minimum absolute atomic E-state index is 0.233. The SMILES string of the molecule is Cn1c(CNCc2ccccc2Cc2ccnc3c2CCCC3NCc2nc3ccccc3[nH]2)nc2ccccc21. The predicted molar refractivity (Wildman–Crippen MR) is 163 cm³/mol. The Labute approximate surface area is 240 Å². The molecule has 3 heterocycles. The van der Waals surface area contributed by atoms with Gasteiger partial charge in [-0.1, -0.05) is 48.5 Å². The fourth-order valence-electron chi connectivity index (χ4n) is 6.20. The first-order valence-corrected chi connectivity index (χ1v) is 14.5. The van der Waals surface area contributed by atoms with E-state index in [1.165, 1.54) is 27.9 Å². The molecule has 0 bridgehead atoms. The zero-order valence-corrected chi connectivity index (χ0v) is 23.4. The predicted octanol–water partition coefficient (Wildman–Crippen LogP) is 5.89. The second-order valence-corrected chi connectivity index (χ2v) is 11.0. The minimum atomic E-state index is 0.233. The molecule has 1 unspecified atom stereocenters. The molecule has 0 aliphatic heterocycles. The number of para-hydroxylation sites is 4. The van der Waals surface area contributed by atoms with Crippen molar-refractivity contribution in [1.82, 2.24) is 35.1 Å². The maximum Gasteiger partial charge on any atom is 0.123 e. The maximum atomic E-state index is 4.88. The lowest BCUT2D eigenvalue weighted by molar-refractivity contribution is 0.441. The molecule has 1 aliphatic rings. The third-order valence-electron chi connectivity index (χ3n) is 8.37. The van der Waals surface area contributed by atoms with E-state index in [0.29, 0.717) is 6.54 Å². The summed E-state index contributed by atoms with van der Waals surface area (Å²) in [4.78, 5) is 17.9. The average molecular weight is 542 g/mol. The van der Waals surface area contributed by atoms with Crippen LogP contribution in [0.15, 0.2) is 85.1 Å². The molecule has 0 saturated carbocycles. The van der Waals surface area contributed by atoms with Crippen LogP contribution < -0.4 is 10.6 Å². The van der Waals surface area contributed by atoms with Gasteiger partial charge in [0.25, 0.3) is 0 Å². The standard InChI is InChI=1S/C34H35N7/c1-41-31-16-7-6-14-29(31)40-33(41)22-35-20-25-10-3-2-9-23(25)19-24-17-18-36-34-26(24)11-8-15-30(34)37-21-32-38-27-12-4-5-13-28(27)39-32/h2-7,9-10,12-14,16-18,30,35,37H,8,11,15,19-22H2,1H3,(H,38,39). The van der Waals surface area contributed by atoms with Crippen molar-refractivity contribution in [2.24, 2.45) is 7.05 Å². The molecule has 3 aromatic carbocycles. The molecule has 1 aliphatic carbocycles.